The number of anilines is 1. The van der Waals surface area contributed by atoms with E-state index in [0.29, 0.717) is 33.1 Å². The summed E-state index contributed by atoms with van der Waals surface area (Å²) in [5.74, 6) is 0. The highest BCUT2D eigenvalue weighted by Gasteiger charge is 2.19. The van der Waals surface area contributed by atoms with Crippen LogP contribution in [-0.4, -0.2) is 31.1 Å². The fourth-order valence-corrected chi connectivity index (χ4v) is 4.04. The van der Waals surface area contributed by atoms with E-state index < -0.39 is 0 Å². The second-order valence-corrected chi connectivity index (χ2v) is 7.87. The average Bonchev–Trinajstić information content (AvgIpc) is 2.66. The van der Waals surface area contributed by atoms with Crippen molar-refractivity contribution in [2.75, 3.05) is 31.1 Å². The van der Waals surface area contributed by atoms with Crippen LogP contribution in [0.3, 0.4) is 0 Å². The fourth-order valence-electron chi connectivity index (χ4n) is 3.37. The van der Waals surface area contributed by atoms with Crippen molar-refractivity contribution in [2.24, 2.45) is 0 Å². The van der Waals surface area contributed by atoms with Crippen LogP contribution in [0.25, 0.3) is 11.0 Å². The maximum absolute atomic E-state index is 12.8. The van der Waals surface area contributed by atoms with E-state index in [1.807, 2.05) is 24.3 Å². The molecule has 4 rings (SSSR count). The zero-order valence-electron chi connectivity index (χ0n) is 14.4. The predicted molar refractivity (Wildman–Crippen MR) is 111 cm³/mol. The van der Waals surface area contributed by atoms with E-state index in [1.165, 1.54) is 6.26 Å². The molecule has 0 unspecified atom stereocenters. The molecule has 140 valence electrons. The number of rotatable bonds is 3. The monoisotopic (exact) mass is 422 g/mol. The highest BCUT2D eigenvalue weighted by atomic mass is 35.5. The molecule has 1 aliphatic heterocycles. The van der Waals surface area contributed by atoms with Crippen molar-refractivity contribution in [1.29, 1.82) is 0 Å². The molecule has 2 aromatic carbocycles. The van der Waals surface area contributed by atoms with Crippen LogP contribution in [0.2, 0.25) is 15.1 Å². The number of fused-ring (bicyclic) bond motifs is 1. The summed E-state index contributed by atoms with van der Waals surface area (Å²) in [5.41, 5.74) is 2.07. The molecule has 0 atom stereocenters. The molecule has 3 aromatic rings. The van der Waals surface area contributed by atoms with Crippen molar-refractivity contribution in [2.45, 2.75) is 6.54 Å². The Kier molecular flexibility index (Phi) is 5.33. The standard InChI is InChI=1S/C20H17Cl3N2O2/c21-14-1-3-16(4-2-14)25-7-5-24(6-8-25)11-13-12-27-20-17(19(13)26)9-15(22)10-18(20)23/h1-4,9-10,12H,5-8,11H2. The lowest BCUT2D eigenvalue weighted by molar-refractivity contribution is 0.247. The Labute approximate surface area is 171 Å². The Hall–Kier alpha value is -1.72. The molecule has 7 heteroatoms. The summed E-state index contributed by atoms with van der Waals surface area (Å²) < 4.78 is 5.61. The summed E-state index contributed by atoms with van der Waals surface area (Å²) in [6.07, 6.45) is 1.51. The SMILES string of the molecule is O=c1c(CN2CCN(c3ccc(Cl)cc3)CC2)coc2c(Cl)cc(Cl)cc12. The van der Waals surface area contributed by atoms with Gasteiger partial charge in [-0.25, -0.2) is 0 Å². The van der Waals surface area contributed by atoms with Crippen LogP contribution in [0.1, 0.15) is 5.56 Å². The molecule has 1 aromatic heterocycles. The number of piperazine rings is 1. The summed E-state index contributed by atoms with van der Waals surface area (Å²) in [6.45, 7) is 4.03. The Morgan fingerprint density at radius 3 is 2.33 bits per heavy atom. The lowest BCUT2D eigenvalue weighted by atomic mass is 10.1. The van der Waals surface area contributed by atoms with Crippen LogP contribution >= 0.6 is 34.8 Å². The van der Waals surface area contributed by atoms with Crippen LogP contribution in [0, 0.1) is 0 Å². The number of nitrogens with zero attached hydrogens (tertiary/aromatic N) is 2. The Morgan fingerprint density at radius 2 is 1.63 bits per heavy atom. The molecule has 1 saturated heterocycles. The van der Waals surface area contributed by atoms with Crippen molar-refractivity contribution < 1.29 is 4.42 Å². The molecular formula is C20H17Cl3N2O2. The van der Waals surface area contributed by atoms with Crippen LogP contribution in [0.4, 0.5) is 5.69 Å². The molecule has 0 saturated carbocycles. The Morgan fingerprint density at radius 1 is 0.926 bits per heavy atom. The van der Waals surface area contributed by atoms with Gasteiger partial charge in [-0.3, -0.25) is 9.69 Å². The van der Waals surface area contributed by atoms with Gasteiger partial charge in [0.1, 0.15) is 0 Å². The molecule has 1 fully saturated rings. The first-order valence-electron chi connectivity index (χ1n) is 8.63. The largest absolute Gasteiger partial charge is 0.462 e. The molecule has 2 heterocycles. The lowest BCUT2D eigenvalue weighted by Crippen LogP contribution is -2.46. The number of hydrogen-bond donors (Lipinski definition) is 0. The Balaban J connectivity index is 1.48. The third-order valence-electron chi connectivity index (χ3n) is 4.82. The van der Waals surface area contributed by atoms with E-state index in [9.17, 15) is 4.79 Å². The van der Waals surface area contributed by atoms with Crippen molar-refractivity contribution >= 4 is 51.5 Å². The van der Waals surface area contributed by atoms with Gasteiger partial charge >= 0.3 is 0 Å². The summed E-state index contributed by atoms with van der Waals surface area (Å²) in [6, 6.07) is 11.0. The van der Waals surface area contributed by atoms with Gasteiger partial charge < -0.3 is 9.32 Å². The van der Waals surface area contributed by atoms with Crippen LogP contribution < -0.4 is 10.3 Å². The van der Waals surface area contributed by atoms with E-state index in [4.69, 9.17) is 39.2 Å². The molecule has 4 nitrogen and oxygen atoms in total. The van der Waals surface area contributed by atoms with Gasteiger partial charge in [-0.2, -0.15) is 0 Å². The third-order valence-corrected chi connectivity index (χ3v) is 5.57. The number of halogens is 3. The van der Waals surface area contributed by atoms with Crippen molar-refractivity contribution in [3.05, 3.63) is 73.5 Å². The normalized spacial score (nSPS) is 15.4. The van der Waals surface area contributed by atoms with Gasteiger partial charge in [0.05, 0.1) is 16.7 Å². The fraction of sp³-hybridized carbons (Fsp3) is 0.250. The minimum Gasteiger partial charge on any atom is -0.462 e. The maximum Gasteiger partial charge on any atom is 0.197 e. The van der Waals surface area contributed by atoms with Gasteiger partial charge in [-0.05, 0) is 36.4 Å². The zero-order chi connectivity index (χ0) is 19.0. The maximum atomic E-state index is 12.8. The van der Waals surface area contributed by atoms with Gasteiger partial charge in [-0.1, -0.05) is 34.8 Å². The average molecular weight is 424 g/mol. The first-order valence-corrected chi connectivity index (χ1v) is 9.77. The zero-order valence-corrected chi connectivity index (χ0v) is 16.7. The van der Waals surface area contributed by atoms with Crippen molar-refractivity contribution in [3.63, 3.8) is 0 Å². The van der Waals surface area contributed by atoms with Gasteiger partial charge in [-0.15, -0.1) is 0 Å². The molecule has 0 bridgehead atoms. The molecule has 0 N–H and O–H groups in total. The second-order valence-electron chi connectivity index (χ2n) is 6.59. The summed E-state index contributed by atoms with van der Waals surface area (Å²) >= 11 is 18.1. The first-order chi connectivity index (χ1) is 13.0. The smallest absolute Gasteiger partial charge is 0.197 e. The summed E-state index contributed by atoms with van der Waals surface area (Å²) in [4.78, 5) is 17.4. The van der Waals surface area contributed by atoms with Crippen LogP contribution in [0.5, 0.6) is 0 Å². The van der Waals surface area contributed by atoms with Gasteiger partial charge in [0.15, 0.2) is 11.0 Å². The topological polar surface area (TPSA) is 36.7 Å². The molecule has 0 spiro atoms. The second kappa shape index (κ2) is 7.72. The number of benzene rings is 2. The molecule has 0 amide bonds. The molecule has 27 heavy (non-hydrogen) atoms. The molecule has 0 aliphatic carbocycles. The minimum atomic E-state index is -0.0826. The molecule has 1 aliphatic rings. The van der Waals surface area contributed by atoms with Crippen LogP contribution in [0.15, 0.2) is 51.9 Å². The van der Waals surface area contributed by atoms with Gasteiger partial charge in [0.2, 0.25) is 0 Å². The van der Waals surface area contributed by atoms with Crippen molar-refractivity contribution in [1.82, 2.24) is 4.90 Å². The van der Waals surface area contributed by atoms with Crippen molar-refractivity contribution in [3.8, 4) is 0 Å². The summed E-state index contributed by atoms with van der Waals surface area (Å²) in [5, 5.41) is 1.93. The van der Waals surface area contributed by atoms with E-state index >= 15 is 0 Å². The summed E-state index contributed by atoms with van der Waals surface area (Å²) in [7, 11) is 0. The minimum absolute atomic E-state index is 0.0826. The van der Waals surface area contributed by atoms with Gasteiger partial charge in [0, 0.05) is 54.0 Å². The Bertz CT molecular complexity index is 1030. The van der Waals surface area contributed by atoms with E-state index in [-0.39, 0.29) is 5.43 Å². The van der Waals surface area contributed by atoms with E-state index in [2.05, 4.69) is 9.80 Å². The first kappa shape index (κ1) is 18.6. The quantitative estimate of drug-likeness (QED) is 0.589. The molecular weight excluding hydrogens is 407 g/mol. The predicted octanol–water partition coefficient (Wildman–Crippen LogP) is 5.08. The molecule has 0 radical (unpaired) electrons. The van der Waals surface area contributed by atoms with E-state index in [0.717, 1.165) is 36.9 Å². The lowest BCUT2D eigenvalue weighted by Gasteiger charge is -2.36. The number of hydrogen-bond acceptors (Lipinski definition) is 4. The van der Waals surface area contributed by atoms with E-state index in [1.54, 1.807) is 12.1 Å². The third kappa shape index (κ3) is 3.94. The van der Waals surface area contributed by atoms with Crippen LogP contribution in [-0.2, 0) is 6.54 Å². The highest BCUT2D eigenvalue weighted by Crippen LogP contribution is 2.26. The van der Waals surface area contributed by atoms with Gasteiger partial charge in [0.25, 0.3) is 0 Å². The highest BCUT2D eigenvalue weighted by molar-refractivity contribution is 6.38.